The van der Waals surface area contributed by atoms with Crippen LogP contribution < -0.4 is 10.2 Å². The summed E-state index contributed by atoms with van der Waals surface area (Å²) in [5, 5.41) is 10.2. The number of rotatable bonds is 2. The zero-order valence-corrected chi connectivity index (χ0v) is 16.5. The fourth-order valence-electron chi connectivity index (χ4n) is 1.74. The highest BCUT2D eigenvalue weighted by molar-refractivity contribution is 8.14. The Morgan fingerprint density at radius 1 is 1.29 bits per heavy atom. The molecule has 0 aliphatic carbocycles. The van der Waals surface area contributed by atoms with Gasteiger partial charge in [-0.1, -0.05) is 26.6 Å². The quantitative estimate of drug-likeness (QED) is 0.786. The van der Waals surface area contributed by atoms with Gasteiger partial charge in [-0.3, -0.25) is 4.79 Å². The molecule has 2 aromatic rings. The molecule has 1 aromatic carbocycles. The molecular formula is C19H29NO3S. The van der Waals surface area contributed by atoms with E-state index in [0.29, 0.717) is 37.6 Å². The molecule has 24 heavy (non-hydrogen) atoms. The van der Waals surface area contributed by atoms with E-state index >= 15 is 0 Å². The second-order valence-corrected chi connectivity index (χ2v) is 9.55. The fraction of sp³-hybridized carbons (Fsp3) is 0.474. The van der Waals surface area contributed by atoms with Gasteiger partial charge in [0.15, 0.2) is 11.3 Å². The van der Waals surface area contributed by atoms with E-state index in [-0.39, 0.29) is 17.3 Å². The summed E-state index contributed by atoms with van der Waals surface area (Å²) in [6.07, 6.45) is 2.15. The number of nitrogens with one attached hydrogen (secondary N) is 1. The molecule has 0 saturated heterocycles. The molecule has 4 nitrogen and oxygen atoms in total. The van der Waals surface area contributed by atoms with Crippen molar-refractivity contribution < 1.29 is 9.84 Å². The Hall–Kier alpha value is -1.75. The zero-order chi connectivity index (χ0) is 18.7. The molecular weight excluding hydrogens is 322 g/mol. The number of aromatic nitrogens is 1. The Labute approximate surface area is 146 Å². The molecule has 5 heteroatoms. The molecule has 2 rings (SSSR count). The summed E-state index contributed by atoms with van der Waals surface area (Å²) in [7, 11) is 0.317. The lowest BCUT2D eigenvalue weighted by atomic mass is 10.1. The highest BCUT2D eigenvalue weighted by Gasteiger charge is 2.09. The number of H-pyrrole nitrogens is 1. The number of aromatic amines is 1. The molecule has 134 valence electrons. The van der Waals surface area contributed by atoms with E-state index in [2.05, 4.69) is 37.9 Å². The summed E-state index contributed by atoms with van der Waals surface area (Å²) in [5.74, 6) is 4.52. The Morgan fingerprint density at radius 3 is 2.29 bits per heavy atom. The van der Waals surface area contributed by atoms with Gasteiger partial charge in [0.1, 0.15) is 5.75 Å². The molecule has 0 fully saturated rings. The van der Waals surface area contributed by atoms with E-state index in [1.165, 1.54) is 12.1 Å². The van der Waals surface area contributed by atoms with Gasteiger partial charge in [0.05, 0.1) is 11.6 Å². The molecule has 2 N–H and O–H groups in total. The van der Waals surface area contributed by atoms with Crippen LogP contribution in [0.4, 0.5) is 0 Å². The molecule has 0 bridgehead atoms. The van der Waals surface area contributed by atoms with E-state index in [0.717, 1.165) is 0 Å². The van der Waals surface area contributed by atoms with Crippen LogP contribution in [0.3, 0.4) is 0 Å². The Morgan fingerprint density at radius 2 is 1.83 bits per heavy atom. The van der Waals surface area contributed by atoms with Crippen LogP contribution in [0.5, 0.6) is 11.6 Å². The van der Waals surface area contributed by atoms with Crippen molar-refractivity contribution in [3.05, 3.63) is 34.0 Å². The molecule has 0 spiro atoms. The third kappa shape index (κ3) is 5.41. The smallest absolute Gasteiger partial charge is 0.195 e. The third-order valence-corrected chi connectivity index (χ3v) is 5.71. The molecule has 0 amide bonds. The van der Waals surface area contributed by atoms with Crippen molar-refractivity contribution in [2.24, 2.45) is 0 Å². The average Bonchev–Trinajstić information content (AvgIpc) is 2.42. The van der Waals surface area contributed by atoms with Crippen LogP contribution in [0.1, 0.15) is 40.2 Å². The summed E-state index contributed by atoms with van der Waals surface area (Å²) < 4.78 is 5.88. The third-order valence-electron chi connectivity index (χ3n) is 3.62. The maximum absolute atomic E-state index is 11.9. The minimum atomic E-state index is -0.113. The van der Waals surface area contributed by atoms with Gasteiger partial charge in [0.25, 0.3) is 0 Å². The molecule has 1 aromatic heterocycles. The number of aromatic hydroxyl groups is 1. The topological polar surface area (TPSA) is 62.3 Å². The van der Waals surface area contributed by atoms with Crippen molar-refractivity contribution in [3.8, 4) is 11.6 Å². The number of phenols is 1. The van der Waals surface area contributed by atoms with Crippen LogP contribution in [0.15, 0.2) is 23.0 Å². The summed E-state index contributed by atoms with van der Waals surface area (Å²) in [4.78, 5) is 14.9. The first kappa shape index (κ1) is 20.3. The molecule has 1 unspecified atom stereocenters. The van der Waals surface area contributed by atoms with Gasteiger partial charge in [0, 0.05) is 21.8 Å². The van der Waals surface area contributed by atoms with Crippen LogP contribution in [0.25, 0.3) is 10.9 Å². The first-order valence-corrected chi connectivity index (χ1v) is 9.71. The number of pyridine rings is 1. The zero-order valence-electron chi connectivity index (χ0n) is 15.7. The second kappa shape index (κ2) is 7.88. The van der Waals surface area contributed by atoms with E-state index in [4.69, 9.17) is 4.74 Å². The lowest BCUT2D eigenvalue weighted by Crippen LogP contribution is -2.11. The number of ether oxygens (including phenoxy) is 1. The van der Waals surface area contributed by atoms with E-state index in [1.807, 2.05) is 13.8 Å². The van der Waals surface area contributed by atoms with Gasteiger partial charge in [-0.15, -0.1) is 0 Å². The molecule has 0 aliphatic rings. The van der Waals surface area contributed by atoms with E-state index < -0.39 is 0 Å². The van der Waals surface area contributed by atoms with Crippen molar-refractivity contribution in [1.82, 2.24) is 4.98 Å². The van der Waals surface area contributed by atoms with Gasteiger partial charge < -0.3 is 14.8 Å². The predicted octanol–water partition coefficient (Wildman–Crippen LogP) is 4.44. The van der Waals surface area contributed by atoms with Crippen LogP contribution in [0, 0.1) is 6.92 Å². The Balaban J connectivity index is 0.000000351. The number of hydrogen-bond acceptors (Lipinski definition) is 3. The molecule has 1 atom stereocenters. The summed E-state index contributed by atoms with van der Waals surface area (Å²) in [6.45, 7) is 12.2. The normalized spacial score (nSPS) is 12.7. The first-order valence-electron chi connectivity index (χ1n) is 7.91. The monoisotopic (exact) mass is 351 g/mol. The number of hydrogen-bond donors (Lipinski definition) is 2. The largest absolute Gasteiger partial charge is 0.508 e. The highest BCUT2D eigenvalue weighted by Crippen LogP contribution is 2.25. The van der Waals surface area contributed by atoms with Crippen LogP contribution >= 0.6 is 10.5 Å². The van der Waals surface area contributed by atoms with Crippen molar-refractivity contribution >= 4 is 27.3 Å². The maximum atomic E-state index is 11.9. The van der Waals surface area contributed by atoms with E-state index in [9.17, 15) is 9.90 Å². The van der Waals surface area contributed by atoms with Gasteiger partial charge in [-0.25, -0.2) is 0 Å². The predicted molar refractivity (Wildman–Crippen MR) is 107 cm³/mol. The minimum absolute atomic E-state index is 0.0132. The maximum Gasteiger partial charge on any atom is 0.195 e. The van der Waals surface area contributed by atoms with Crippen LogP contribution in [-0.2, 0) is 0 Å². The van der Waals surface area contributed by atoms with Gasteiger partial charge in [-0.2, -0.15) is 10.5 Å². The molecule has 0 saturated carbocycles. The van der Waals surface area contributed by atoms with Gasteiger partial charge in [0.2, 0.25) is 0 Å². The second-order valence-electron chi connectivity index (χ2n) is 7.05. The van der Waals surface area contributed by atoms with Crippen molar-refractivity contribution in [3.63, 3.8) is 0 Å². The first-order chi connectivity index (χ1) is 10.9. The Bertz CT molecular complexity index is 786. The van der Waals surface area contributed by atoms with Gasteiger partial charge in [-0.05, 0) is 39.2 Å². The molecule has 1 heterocycles. The number of aryl methyl sites for hydroxylation is 1. The fourth-order valence-corrected chi connectivity index (χ4v) is 1.74. The van der Waals surface area contributed by atoms with Crippen LogP contribution in [0.2, 0.25) is 0 Å². The summed E-state index contributed by atoms with van der Waals surface area (Å²) >= 11 is 0. The molecule has 0 radical (unpaired) electrons. The minimum Gasteiger partial charge on any atom is -0.508 e. The standard InChI is InChI=1S/C13H15NO3.C6H14S/c1-7(2)17-12-6-11(16)9-4-5-10(15)8(3)13(9)14-12;1-6(2,3)7(4)5/h4-7,15H,1-3H3,(H,14,16);4H2,1-3,5H3. The highest BCUT2D eigenvalue weighted by atomic mass is 32.2. The Kier molecular flexibility index (Phi) is 6.67. The summed E-state index contributed by atoms with van der Waals surface area (Å²) in [5.41, 5.74) is 1.15. The van der Waals surface area contributed by atoms with Crippen molar-refractivity contribution in [2.45, 2.75) is 52.4 Å². The SMILES string of the molecule is C=S(C)C(C)(C)C.Cc1c(O)ccc2c(=O)cc(OC(C)C)[nH]c12. The number of phenolic OH excluding ortho intramolecular Hbond substituents is 1. The lowest BCUT2D eigenvalue weighted by Gasteiger charge is -2.18. The van der Waals surface area contributed by atoms with E-state index in [1.54, 1.807) is 13.0 Å². The summed E-state index contributed by atoms with van der Waals surface area (Å²) in [6, 6.07) is 4.56. The van der Waals surface area contributed by atoms with Crippen molar-refractivity contribution in [2.75, 3.05) is 6.26 Å². The van der Waals surface area contributed by atoms with Crippen molar-refractivity contribution in [1.29, 1.82) is 0 Å². The van der Waals surface area contributed by atoms with Gasteiger partial charge >= 0.3 is 0 Å². The number of benzene rings is 1. The van der Waals surface area contributed by atoms with Crippen LogP contribution in [-0.4, -0.2) is 33.1 Å². The lowest BCUT2D eigenvalue weighted by molar-refractivity contribution is 0.233. The molecule has 0 aliphatic heterocycles. The number of fused-ring (bicyclic) bond motifs is 1. The average molecular weight is 352 g/mol.